The SMILES string of the molecule is O=C(O)c1c(Nc2ccc(F)cc2F)nc2ccccn12. The Labute approximate surface area is 117 Å². The fourth-order valence-corrected chi connectivity index (χ4v) is 2.01. The van der Waals surface area contributed by atoms with Gasteiger partial charge in [0.05, 0.1) is 5.69 Å². The molecule has 5 nitrogen and oxygen atoms in total. The summed E-state index contributed by atoms with van der Waals surface area (Å²) in [5.74, 6) is -2.77. The Hall–Kier alpha value is -2.96. The minimum atomic E-state index is -1.21. The van der Waals surface area contributed by atoms with E-state index in [2.05, 4.69) is 10.3 Å². The number of anilines is 2. The van der Waals surface area contributed by atoms with Crippen molar-refractivity contribution in [3.63, 3.8) is 0 Å². The zero-order valence-electron chi connectivity index (χ0n) is 10.5. The molecule has 2 aromatic heterocycles. The number of fused-ring (bicyclic) bond motifs is 1. The molecule has 7 heteroatoms. The maximum atomic E-state index is 13.6. The first kappa shape index (κ1) is 13.0. The monoisotopic (exact) mass is 289 g/mol. The number of carboxylic acid groups (broad SMARTS) is 1. The maximum absolute atomic E-state index is 13.6. The number of halogens is 2. The summed E-state index contributed by atoms with van der Waals surface area (Å²) in [5, 5.41) is 11.9. The quantitative estimate of drug-likeness (QED) is 0.777. The van der Waals surface area contributed by atoms with Crippen molar-refractivity contribution in [3.05, 3.63) is 59.9 Å². The van der Waals surface area contributed by atoms with Crippen LogP contribution < -0.4 is 5.32 Å². The lowest BCUT2D eigenvalue weighted by Gasteiger charge is -2.05. The van der Waals surface area contributed by atoms with E-state index in [1.54, 1.807) is 18.2 Å². The summed E-state index contributed by atoms with van der Waals surface area (Å²) < 4.78 is 27.9. The lowest BCUT2D eigenvalue weighted by Crippen LogP contribution is -2.06. The molecule has 0 unspecified atom stereocenters. The minimum absolute atomic E-state index is 0.0146. The zero-order chi connectivity index (χ0) is 15.0. The Kier molecular flexibility index (Phi) is 3.02. The van der Waals surface area contributed by atoms with Crippen LogP contribution in [0.15, 0.2) is 42.6 Å². The Morgan fingerprint density at radius 3 is 2.76 bits per heavy atom. The Balaban J connectivity index is 2.12. The molecule has 21 heavy (non-hydrogen) atoms. The predicted molar refractivity (Wildman–Crippen MR) is 71.8 cm³/mol. The minimum Gasteiger partial charge on any atom is -0.476 e. The van der Waals surface area contributed by atoms with Crippen molar-refractivity contribution in [2.45, 2.75) is 0 Å². The number of pyridine rings is 1. The smallest absolute Gasteiger partial charge is 0.356 e. The third kappa shape index (κ3) is 2.29. The molecule has 0 aliphatic rings. The van der Waals surface area contributed by atoms with Crippen molar-refractivity contribution in [3.8, 4) is 0 Å². The first-order valence-corrected chi connectivity index (χ1v) is 5.99. The molecule has 0 amide bonds. The summed E-state index contributed by atoms with van der Waals surface area (Å²) in [4.78, 5) is 15.5. The number of hydrogen-bond donors (Lipinski definition) is 2. The molecule has 0 saturated heterocycles. The van der Waals surface area contributed by atoms with Crippen LogP contribution in [0, 0.1) is 11.6 Å². The highest BCUT2D eigenvalue weighted by atomic mass is 19.1. The summed E-state index contributed by atoms with van der Waals surface area (Å²) in [6.45, 7) is 0. The van der Waals surface area contributed by atoms with Gasteiger partial charge in [0.25, 0.3) is 0 Å². The molecule has 1 aromatic carbocycles. The molecular weight excluding hydrogens is 280 g/mol. The van der Waals surface area contributed by atoms with E-state index in [1.165, 1.54) is 16.7 Å². The normalized spacial score (nSPS) is 10.8. The van der Waals surface area contributed by atoms with Crippen LogP contribution in [0.2, 0.25) is 0 Å². The Bertz CT molecular complexity index is 845. The third-order valence-corrected chi connectivity index (χ3v) is 2.92. The average Bonchev–Trinajstić information content (AvgIpc) is 2.80. The summed E-state index contributed by atoms with van der Waals surface area (Å²) >= 11 is 0. The highest BCUT2D eigenvalue weighted by molar-refractivity contribution is 5.93. The van der Waals surface area contributed by atoms with Crippen LogP contribution in [0.25, 0.3) is 5.65 Å². The fraction of sp³-hybridized carbons (Fsp3) is 0. The molecule has 2 N–H and O–H groups in total. The molecule has 3 aromatic rings. The Morgan fingerprint density at radius 2 is 2.05 bits per heavy atom. The van der Waals surface area contributed by atoms with Gasteiger partial charge in [-0.2, -0.15) is 0 Å². The van der Waals surface area contributed by atoms with Crippen molar-refractivity contribution < 1.29 is 18.7 Å². The van der Waals surface area contributed by atoms with Crippen molar-refractivity contribution in [1.82, 2.24) is 9.38 Å². The van der Waals surface area contributed by atoms with Crippen LogP contribution in [-0.4, -0.2) is 20.5 Å². The molecule has 0 bridgehead atoms. The first-order valence-electron chi connectivity index (χ1n) is 5.99. The number of imidazole rings is 1. The maximum Gasteiger partial charge on any atom is 0.356 e. The van der Waals surface area contributed by atoms with Gasteiger partial charge in [0.1, 0.15) is 17.3 Å². The third-order valence-electron chi connectivity index (χ3n) is 2.92. The standard InChI is InChI=1S/C14H9F2N3O2/c15-8-4-5-10(9(16)7-8)17-13-12(14(20)21)19-6-2-1-3-11(19)18-13/h1-7,17H,(H,20,21). The lowest BCUT2D eigenvalue weighted by atomic mass is 10.3. The number of aromatic nitrogens is 2. The van der Waals surface area contributed by atoms with Crippen LogP contribution >= 0.6 is 0 Å². The molecule has 3 rings (SSSR count). The molecule has 106 valence electrons. The largest absolute Gasteiger partial charge is 0.476 e. The molecule has 2 heterocycles. The topological polar surface area (TPSA) is 66.6 Å². The van der Waals surface area contributed by atoms with E-state index in [9.17, 15) is 18.7 Å². The molecular formula is C14H9F2N3O2. The highest BCUT2D eigenvalue weighted by Crippen LogP contribution is 2.24. The van der Waals surface area contributed by atoms with E-state index in [0.717, 1.165) is 6.07 Å². The number of nitrogens with one attached hydrogen (secondary N) is 1. The van der Waals surface area contributed by atoms with Gasteiger partial charge in [0.2, 0.25) is 0 Å². The fourth-order valence-electron chi connectivity index (χ4n) is 2.01. The van der Waals surface area contributed by atoms with Gasteiger partial charge >= 0.3 is 5.97 Å². The van der Waals surface area contributed by atoms with Crippen LogP contribution in [0.3, 0.4) is 0 Å². The summed E-state index contributed by atoms with van der Waals surface area (Å²) in [6, 6.07) is 7.94. The van der Waals surface area contributed by atoms with Gasteiger partial charge in [-0.25, -0.2) is 18.6 Å². The number of aromatic carboxylic acids is 1. The predicted octanol–water partition coefficient (Wildman–Crippen LogP) is 3.05. The van der Waals surface area contributed by atoms with Crippen molar-refractivity contribution in [2.75, 3.05) is 5.32 Å². The first-order chi connectivity index (χ1) is 10.1. The van der Waals surface area contributed by atoms with Crippen molar-refractivity contribution in [2.24, 2.45) is 0 Å². The number of nitrogens with zero attached hydrogens (tertiary/aromatic N) is 2. The van der Waals surface area contributed by atoms with Gasteiger partial charge in [-0.15, -0.1) is 0 Å². The van der Waals surface area contributed by atoms with Crippen LogP contribution in [0.5, 0.6) is 0 Å². The van der Waals surface area contributed by atoms with E-state index in [1.807, 2.05) is 0 Å². The van der Waals surface area contributed by atoms with E-state index < -0.39 is 17.6 Å². The van der Waals surface area contributed by atoms with Gasteiger partial charge in [-0.3, -0.25) is 4.40 Å². The van der Waals surface area contributed by atoms with Crippen molar-refractivity contribution >= 4 is 23.1 Å². The average molecular weight is 289 g/mol. The van der Waals surface area contributed by atoms with Crippen LogP contribution in [-0.2, 0) is 0 Å². The number of carbonyl (C=O) groups is 1. The van der Waals surface area contributed by atoms with Gasteiger partial charge in [-0.1, -0.05) is 6.07 Å². The van der Waals surface area contributed by atoms with E-state index in [4.69, 9.17) is 0 Å². The van der Waals surface area contributed by atoms with E-state index >= 15 is 0 Å². The second-order valence-electron chi connectivity index (χ2n) is 4.29. The zero-order valence-corrected chi connectivity index (χ0v) is 10.5. The number of benzene rings is 1. The molecule has 0 aliphatic carbocycles. The molecule has 0 spiro atoms. The second-order valence-corrected chi connectivity index (χ2v) is 4.29. The highest BCUT2D eigenvalue weighted by Gasteiger charge is 2.19. The van der Waals surface area contributed by atoms with Gasteiger partial charge < -0.3 is 10.4 Å². The lowest BCUT2D eigenvalue weighted by molar-refractivity contribution is 0.0690. The molecule has 0 atom stereocenters. The number of carboxylic acids is 1. The molecule has 0 fully saturated rings. The van der Waals surface area contributed by atoms with Gasteiger partial charge in [0.15, 0.2) is 11.5 Å². The van der Waals surface area contributed by atoms with Crippen LogP contribution in [0.1, 0.15) is 10.5 Å². The van der Waals surface area contributed by atoms with Gasteiger partial charge in [0, 0.05) is 12.3 Å². The Morgan fingerprint density at radius 1 is 1.24 bits per heavy atom. The van der Waals surface area contributed by atoms with Crippen LogP contribution in [0.4, 0.5) is 20.3 Å². The molecule has 0 saturated carbocycles. The number of rotatable bonds is 3. The summed E-state index contributed by atoms with van der Waals surface area (Å²) in [7, 11) is 0. The van der Waals surface area contributed by atoms with E-state index in [0.29, 0.717) is 11.7 Å². The van der Waals surface area contributed by atoms with E-state index in [-0.39, 0.29) is 17.2 Å². The van der Waals surface area contributed by atoms with Gasteiger partial charge in [-0.05, 0) is 24.3 Å². The summed E-state index contributed by atoms with van der Waals surface area (Å²) in [6.07, 6.45) is 1.54. The molecule has 0 radical (unpaired) electrons. The molecule has 0 aliphatic heterocycles. The van der Waals surface area contributed by atoms with Crippen molar-refractivity contribution in [1.29, 1.82) is 0 Å². The second kappa shape index (κ2) is 4.86. The summed E-state index contributed by atoms with van der Waals surface area (Å²) in [5.41, 5.74) is 0.219. The number of hydrogen-bond acceptors (Lipinski definition) is 3.